The van der Waals surface area contributed by atoms with Crippen LogP contribution in [0.3, 0.4) is 0 Å². The van der Waals surface area contributed by atoms with Crippen molar-refractivity contribution < 1.29 is 0 Å². The predicted molar refractivity (Wildman–Crippen MR) is 83.3 cm³/mol. The summed E-state index contributed by atoms with van der Waals surface area (Å²) in [5.41, 5.74) is 0.922. The van der Waals surface area contributed by atoms with E-state index in [-0.39, 0.29) is 5.56 Å². The van der Waals surface area contributed by atoms with Crippen molar-refractivity contribution in [3.63, 3.8) is 0 Å². The molecular weight excluding hydrogens is 320 g/mol. The van der Waals surface area contributed by atoms with E-state index in [0.29, 0.717) is 23.1 Å². The van der Waals surface area contributed by atoms with Crippen LogP contribution in [0.1, 0.15) is 32.6 Å². The highest BCUT2D eigenvalue weighted by molar-refractivity contribution is 9.10. The van der Waals surface area contributed by atoms with Crippen LogP contribution in [0.15, 0.2) is 15.5 Å². The van der Waals surface area contributed by atoms with E-state index >= 15 is 0 Å². The molecule has 0 aromatic carbocycles. The van der Waals surface area contributed by atoms with Gasteiger partial charge in [-0.2, -0.15) is 5.10 Å². The number of halogens is 1. The van der Waals surface area contributed by atoms with E-state index in [4.69, 9.17) is 0 Å². The van der Waals surface area contributed by atoms with Gasteiger partial charge < -0.3 is 10.2 Å². The molecule has 1 N–H and O–H groups in total. The van der Waals surface area contributed by atoms with E-state index in [1.54, 1.807) is 0 Å². The third-order valence-corrected chi connectivity index (χ3v) is 5.18. The molecule has 0 spiro atoms. The Balaban J connectivity index is 1.91. The lowest BCUT2D eigenvalue weighted by atomic mass is 10.0. The van der Waals surface area contributed by atoms with Gasteiger partial charge in [0.2, 0.25) is 0 Å². The summed E-state index contributed by atoms with van der Waals surface area (Å²) >= 11 is 3.48. The van der Waals surface area contributed by atoms with Crippen molar-refractivity contribution in [2.24, 2.45) is 0 Å². The van der Waals surface area contributed by atoms with Crippen molar-refractivity contribution in [2.75, 3.05) is 18.0 Å². The highest BCUT2D eigenvalue weighted by Crippen LogP contribution is 2.32. The molecule has 6 heteroatoms. The second-order valence-corrected chi connectivity index (χ2v) is 6.36. The normalized spacial score (nSPS) is 26.4. The first kappa shape index (κ1) is 14.1. The van der Waals surface area contributed by atoms with Crippen molar-refractivity contribution in [1.82, 2.24) is 15.1 Å². The van der Waals surface area contributed by atoms with Crippen molar-refractivity contribution >= 4 is 21.6 Å². The molecule has 20 heavy (non-hydrogen) atoms. The number of hydrogen-bond acceptors (Lipinski definition) is 4. The van der Waals surface area contributed by atoms with Crippen molar-refractivity contribution in [1.29, 1.82) is 0 Å². The second-order valence-electron chi connectivity index (χ2n) is 5.57. The Bertz CT molecular complexity index is 538. The summed E-state index contributed by atoms with van der Waals surface area (Å²) in [4.78, 5) is 14.6. The molecule has 2 unspecified atom stereocenters. The minimum absolute atomic E-state index is 0.0324. The SMILES string of the molecule is CCn1ncc(N2CCCC2C2CCCN2)c(Br)c1=O. The number of anilines is 1. The van der Waals surface area contributed by atoms with Gasteiger partial charge in [-0.05, 0) is 55.1 Å². The molecule has 2 atom stereocenters. The molecule has 0 radical (unpaired) electrons. The van der Waals surface area contributed by atoms with Gasteiger partial charge in [0.25, 0.3) is 5.56 Å². The first-order chi connectivity index (χ1) is 9.72. The zero-order valence-electron chi connectivity index (χ0n) is 11.8. The van der Waals surface area contributed by atoms with Gasteiger partial charge >= 0.3 is 0 Å². The van der Waals surface area contributed by atoms with Gasteiger partial charge in [0.15, 0.2) is 0 Å². The summed E-state index contributed by atoms with van der Waals surface area (Å²) in [6, 6.07) is 1.05. The topological polar surface area (TPSA) is 50.2 Å². The minimum atomic E-state index is -0.0324. The van der Waals surface area contributed by atoms with Crippen LogP contribution in [0.2, 0.25) is 0 Å². The molecule has 3 rings (SSSR count). The van der Waals surface area contributed by atoms with Crippen molar-refractivity contribution in [3.05, 3.63) is 21.0 Å². The van der Waals surface area contributed by atoms with Crippen LogP contribution in [-0.2, 0) is 6.54 Å². The minimum Gasteiger partial charge on any atom is -0.365 e. The Hall–Kier alpha value is -0.880. The third kappa shape index (κ3) is 2.39. The van der Waals surface area contributed by atoms with E-state index in [2.05, 4.69) is 31.2 Å². The van der Waals surface area contributed by atoms with Crippen LogP contribution in [0, 0.1) is 0 Å². The quantitative estimate of drug-likeness (QED) is 0.910. The Morgan fingerprint density at radius 1 is 1.45 bits per heavy atom. The molecule has 3 heterocycles. The Morgan fingerprint density at radius 3 is 3.00 bits per heavy atom. The van der Waals surface area contributed by atoms with E-state index < -0.39 is 0 Å². The maximum absolute atomic E-state index is 12.2. The fourth-order valence-electron chi connectivity index (χ4n) is 3.43. The molecule has 1 aromatic heterocycles. The number of nitrogens with zero attached hydrogens (tertiary/aromatic N) is 3. The first-order valence-electron chi connectivity index (χ1n) is 7.48. The Morgan fingerprint density at radius 2 is 2.30 bits per heavy atom. The summed E-state index contributed by atoms with van der Waals surface area (Å²) in [7, 11) is 0. The van der Waals surface area contributed by atoms with E-state index in [1.807, 2.05) is 13.1 Å². The summed E-state index contributed by atoms with van der Waals surface area (Å²) in [5.74, 6) is 0. The average Bonchev–Trinajstić information content (AvgIpc) is 3.11. The number of hydrogen-bond donors (Lipinski definition) is 1. The number of rotatable bonds is 3. The number of aryl methyl sites for hydroxylation is 1. The zero-order chi connectivity index (χ0) is 14.1. The van der Waals surface area contributed by atoms with Crippen LogP contribution in [-0.4, -0.2) is 35.0 Å². The molecule has 110 valence electrons. The summed E-state index contributed by atoms with van der Waals surface area (Å²) in [5, 5.41) is 7.87. The zero-order valence-corrected chi connectivity index (χ0v) is 13.4. The maximum Gasteiger partial charge on any atom is 0.283 e. The van der Waals surface area contributed by atoms with E-state index in [1.165, 1.54) is 30.4 Å². The lowest BCUT2D eigenvalue weighted by Crippen LogP contribution is -2.44. The number of nitrogens with one attached hydrogen (secondary N) is 1. The lowest BCUT2D eigenvalue weighted by molar-refractivity contribution is 0.481. The van der Waals surface area contributed by atoms with Gasteiger partial charge in [-0.15, -0.1) is 0 Å². The Labute approximate surface area is 127 Å². The molecule has 2 fully saturated rings. The molecule has 0 amide bonds. The van der Waals surface area contributed by atoms with Crippen molar-refractivity contribution in [2.45, 2.75) is 51.2 Å². The fourth-order valence-corrected chi connectivity index (χ4v) is 3.97. The highest BCUT2D eigenvalue weighted by Gasteiger charge is 2.34. The van der Waals surface area contributed by atoms with Gasteiger partial charge in [0.05, 0.1) is 11.9 Å². The molecular formula is C14H21BrN4O. The molecule has 2 aliphatic rings. The molecule has 5 nitrogen and oxygen atoms in total. The summed E-state index contributed by atoms with van der Waals surface area (Å²) in [6.07, 6.45) is 6.71. The largest absolute Gasteiger partial charge is 0.365 e. The predicted octanol–water partition coefficient (Wildman–Crippen LogP) is 1.75. The van der Waals surface area contributed by atoms with Gasteiger partial charge in [-0.3, -0.25) is 4.79 Å². The molecule has 0 bridgehead atoms. The summed E-state index contributed by atoms with van der Waals surface area (Å²) < 4.78 is 2.14. The number of aromatic nitrogens is 2. The Kier molecular flexibility index (Phi) is 4.12. The lowest BCUT2D eigenvalue weighted by Gasteiger charge is -2.31. The van der Waals surface area contributed by atoms with Crippen LogP contribution in [0.25, 0.3) is 0 Å². The van der Waals surface area contributed by atoms with E-state index in [0.717, 1.165) is 18.8 Å². The van der Waals surface area contributed by atoms with Gasteiger partial charge in [0.1, 0.15) is 4.47 Å². The average molecular weight is 341 g/mol. The highest BCUT2D eigenvalue weighted by atomic mass is 79.9. The molecule has 2 saturated heterocycles. The third-order valence-electron chi connectivity index (χ3n) is 4.44. The standard InChI is InChI=1S/C14H21BrN4O/c1-2-19-14(20)13(15)12(9-17-19)18-8-4-6-11(18)10-5-3-7-16-10/h9-11,16H,2-8H2,1H3. The van der Waals surface area contributed by atoms with Crippen LogP contribution in [0.4, 0.5) is 5.69 Å². The smallest absolute Gasteiger partial charge is 0.283 e. The monoisotopic (exact) mass is 340 g/mol. The van der Waals surface area contributed by atoms with Crippen molar-refractivity contribution in [3.8, 4) is 0 Å². The van der Waals surface area contributed by atoms with E-state index in [9.17, 15) is 4.79 Å². The summed E-state index contributed by atoms with van der Waals surface area (Å²) in [6.45, 7) is 4.66. The maximum atomic E-state index is 12.2. The second kappa shape index (κ2) is 5.85. The van der Waals surface area contributed by atoms with Crippen LogP contribution in [0.5, 0.6) is 0 Å². The molecule has 2 aliphatic heterocycles. The molecule has 0 saturated carbocycles. The molecule has 0 aliphatic carbocycles. The fraction of sp³-hybridized carbons (Fsp3) is 0.714. The van der Waals surface area contributed by atoms with Gasteiger partial charge in [0, 0.05) is 25.2 Å². The van der Waals surface area contributed by atoms with Crippen LogP contribution >= 0.6 is 15.9 Å². The van der Waals surface area contributed by atoms with Gasteiger partial charge in [-0.1, -0.05) is 0 Å². The first-order valence-corrected chi connectivity index (χ1v) is 8.27. The molecule has 1 aromatic rings. The van der Waals surface area contributed by atoms with Crippen LogP contribution < -0.4 is 15.8 Å². The van der Waals surface area contributed by atoms with Gasteiger partial charge in [-0.25, -0.2) is 4.68 Å².